The van der Waals surface area contributed by atoms with Gasteiger partial charge in [0.2, 0.25) is 15.9 Å². The van der Waals surface area contributed by atoms with Crippen molar-refractivity contribution >= 4 is 15.9 Å². The van der Waals surface area contributed by atoms with Gasteiger partial charge >= 0.3 is 6.18 Å². The fourth-order valence-corrected chi connectivity index (χ4v) is 5.45. The molecule has 9 heteroatoms. The average molecular weight is 469 g/mol. The number of sulfonamides is 1. The summed E-state index contributed by atoms with van der Waals surface area (Å²) in [4.78, 5) is 12.2. The third kappa shape index (κ3) is 5.69. The van der Waals surface area contributed by atoms with Crippen LogP contribution in [0, 0.1) is 5.92 Å². The number of hydrogen-bond donors (Lipinski definition) is 1. The first kappa shape index (κ1) is 24.3. The van der Waals surface area contributed by atoms with Crippen LogP contribution in [-0.2, 0) is 21.0 Å². The summed E-state index contributed by atoms with van der Waals surface area (Å²) in [6.45, 7) is 2.74. The lowest BCUT2D eigenvalue weighted by Crippen LogP contribution is -2.43. The molecular formula is C23H27F3N2O3S. The van der Waals surface area contributed by atoms with E-state index in [0.29, 0.717) is 25.5 Å². The van der Waals surface area contributed by atoms with Gasteiger partial charge in [-0.1, -0.05) is 43.3 Å². The van der Waals surface area contributed by atoms with Gasteiger partial charge in [-0.2, -0.15) is 17.5 Å². The third-order valence-electron chi connectivity index (χ3n) is 5.91. The summed E-state index contributed by atoms with van der Waals surface area (Å²) < 4.78 is 65.6. The van der Waals surface area contributed by atoms with E-state index in [1.165, 1.54) is 0 Å². The fraction of sp³-hybridized carbons (Fsp3) is 0.435. The van der Waals surface area contributed by atoms with Crippen molar-refractivity contribution < 1.29 is 26.4 Å². The molecule has 2 aromatic carbocycles. The molecule has 0 saturated carbocycles. The van der Waals surface area contributed by atoms with Crippen LogP contribution in [-0.4, -0.2) is 38.3 Å². The van der Waals surface area contributed by atoms with Crippen LogP contribution in [0.25, 0.3) is 0 Å². The summed E-state index contributed by atoms with van der Waals surface area (Å²) in [5.41, 5.74) is 0.147. The molecule has 1 aliphatic rings. The normalized spacial score (nSPS) is 17.1. The summed E-state index contributed by atoms with van der Waals surface area (Å²) in [6.07, 6.45) is -3.09. The first-order chi connectivity index (χ1) is 15.1. The Bertz CT molecular complexity index is 1020. The zero-order chi connectivity index (χ0) is 23.4. The smallest absolute Gasteiger partial charge is 0.355 e. The first-order valence-electron chi connectivity index (χ1n) is 10.6. The Morgan fingerprint density at radius 1 is 1.09 bits per heavy atom. The van der Waals surface area contributed by atoms with E-state index in [1.807, 2.05) is 30.3 Å². The van der Waals surface area contributed by atoms with Gasteiger partial charge in [-0.15, -0.1) is 0 Å². The van der Waals surface area contributed by atoms with Crippen molar-refractivity contribution in [2.75, 3.05) is 19.6 Å². The van der Waals surface area contributed by atoms with Crippen molar-refractivity contribution in [2.45, 2.75) is 43.2 Å². The molecule has 1 aliphatic heterocycles. The minimum Gasteiger partial charge on any atom is -0.355 e. The Labute approximate surface area is 186 Å². The van der Waals surface area contributed by atoms with E-state index in [0.717, 1.165) is 34.5 Å². The van der Waals surface area contributed by atoms with Crippen molar-refractivity contribution in [3.8, 4) is 0 Å². The zero-order valence-corrected chi connectivity index (χ0v) is 18.6. The molecule has 2 aromatic rings. The zero-order valence-electron chi connectivity index (χ0n) is 17.8. The fourth-order valence-electron chi connectivity index (χ4n) is 3.93. The highest BCUT2D eigenvalue weighted by atomic mass is 32.2. The number of carbonyl (C=O) groups excluding carboxylic acids is 1. The van der Waals surface area contributed by atoms with Crippen LogP contribution < -0.4 is 5.32 Å². The monoisotopic (exact) mass is 468 g/mol. The summed E-state index contributed by atoms with van der Waals surface area (Å²) in [7, 11) is -4.06. The van der Waals surface area contributed by atoms with E-state index in [4.69, 9.17) is 0 Å². The van der Waals surface area contributed by atoms with Crippen molar-refractivity contribution in [3.63, 3.8) is 0 Å². The molecule has 1 amide bonds. The maximum Gasteiger partial charge on any atom is 0.416 e. The molecule has 174 valence electrons. The number of amides is 1. The molecule has 1 heterocycles. The van der Waals surface area contributed by atoms with E-state index < -0.39 is 21.8 Å². The highest BCUT2D eigenvalue weighted by Gasteiger charge is 2.35. The molecule has 32 heavy (non-hydrogen) atoms. The number of alkyl halides is 3. The van der Waals surface area contributed by atoms with Gasteiger partial charge in [0.1, 0.15) is 0 Å². The molecule has 0 aromatic heterocycles. The molecule has 0 aliphatic carbocycles. The molecule has 1 fully saturated rings. The van der Waals surface area contributed by atoms with Gasteiger partial charge in [-0.25, -0.2) is 8.42 Å². The number of carbonyl (C=O) groups is 1. The van der Waals surface area contributed by atoms with Crippen LogP contribution in [0.15, 0.2) is 59.5 Å². The van der Waals surface area contributed by atoms with Crippen LogP contribution in [0.5, 0.6) is 0 Å². The minimum atomic E-state index is -4.62. The first-order valence-corrected chi connectivity index (χ1v) is 12.1. The van der Waals surface area contributed by atoms with Gasteiger partial charge in [-0.3, -0.25) is 4.79 Å². The van der Waals surface area contributed by atoms with Crippen LogP contribution in [0.2, 0.25) is 0 Å². The highest BCUT2D eigenvalue weighted by Crippen LogP contribution is 2.32. The van der Waals surface area contributed by atoms with Gasteiger partial charge in [-0.05, 0) is 43.0 Å². The predicted molar refractivity (Wildman–Crippen MR) is 115 cm³/mol. The lowest BCUT2D eigenvalue weighted by molar-refractivity contribution is -0.137. The molecular weight excluding hydrogens is 441 g/mol. The van der Waals surface area contributed by atoms with Gasteiger partial charge in [0.25, 0.3) is 0 Å². The molecule has 0 bridgehead atoms. The summed E-state index contributed by atoms with van der Waals surface area (Å²) in [5, 5.41) is 2.98. The van der Waals surface area contributed by atoms with E-state index in [9.17, 15) is 26.4 Å². The van der Waals surface area contributed by atoms with Crippen molar-refractivity contribution in [1.29, 1.82) is 0 Å². The number of nitrogens with zero attached hydrogens (tertiary/aromatic N) is 1. The van der Waals surface area contributed by atoms with Gasteiger partial charge in [0, 0.05) is 31.5 Å². The van der Waals surface area contributed by atoms with E-state index >= 15 is 0 Å². The molecule has 1 N–H and O–H groups in total. The second kappa shape index (κ2) is 10.0. The van der Waals surface area contributed by atoms with E-state index in [2.05, 4.69) is 12.2 Å². The van der Waals surface area contributed by atoms with E-state index in [1.54, 1.807) is 0 Å². The van der Waals surface area contributed by atoms with Gasteiger partial charge in [0.05, 0.1) is 10.5 Å². The largest absolute Gasteiger partial charge is 0.416 e. The number of benzene rings is 2. The second-order valence-corrected chi connectivity index (χ2v) is 9.90. The summed E-state index contributed by atoms with van der Waals surface area (Å²) in [6, 6.07) is 13.7. The Balaban J connectivity index is 1.58. The Morgan fingerprint density at radius 3 is 2.34 bits per heavy atom. The second-order valence-electron chi connectivity index (χ2n) is 7.96. The summed E-state index contributed by atoms with van der Waals surface area (Å²) in [5.74, 6) is -0.242. The number of nitrogens with one attached hydrogen (secondary N) is 1. The van der Waals surface area contributed by atoms with Crippen LogP contribution in [0.1, 0.15) is 43.2 Å². The third-order valence-corrected chi connectivity index (χ3v) is 7.80. The Hall–Kier alpha value is -2.39. The molecule has 1 unspecified atom stereocenters. The van der Waals surface area contributed by atoms with Crippen LogP contribution in [0.4, 0.5) is 13.2 Å². The number of rotatable bonds is 7. The lowest BCUT2D eigenvalue weighted by Gasteiger charge is -2.31. The number of halogens is 3. The van der Waals surface area contributed by atoms with Crippen LogP contribution >= 0.6 is 0 Å². The number of hydrogen-bond acceptors (Lipinski definition) is 3. The molecule has 1 atom stereocenters. The Kier molecular flexibility index (Phi) is 7.61. The van der Waals surface area contributed by atoms with Crippen molar-refractivity contribution in [2.24, 2.45) is 5.92 Å². The van der Waals surface area contributed by atoms with Crippen molar-refractivity contribution in [1.82, 2.24) is 9.62 Å². The summed E-state index contributed by atoms with van der Waals surface area (Å²) >= 11 is 0. The van der Waals surface area contributed by atoms with Gasteiger partial charge < -0.3 is 5.32 Å². The maximum absolute atomic E-state index is 12.9. The molecule has 5 nitrogen and oxygen atoms in total. The van der Waals surface area contributed by atoms with Crippen molar-refractivity contribution in [3.05, 3.63) is 65.7 Å². The predicted octanol–water partition coefficient (Wildman–Crippen LogP) is 4.42. The lowest BCUT2D eigenvalue weighted by atomic mass is 9.94. The SMILES string of the molecule is CCC(CNC(=O)C1CCN(S(=O)(=O)c2cccc(C(F)(F)F)c2)CC1)c1ccccc1. The standard InChI is InChI=1S/C23H27F3N2O3S/c1-2-17(18-7-4-3-5-8-18)16-27-22(29)19-11-13-28(14-12-19)32(30,31)21-10-6-9-20(15-21)23(24,25)26/h3-10,15,17,19H,2,11-14,16H2,1H3,(H,27,29). The quantitative estimate of drug-likeness (QED) is 0.654. The minimum absolute atomic E-state index is 0.0898. The molecule has 0 spiro atoms. The topological polar surface area (TPSA) is 66.5 Å². The molecule has 0 radical (unpaired) electrons. The maximum atomic E-state index is 12.9. The van der Waals surface area contributed by atoms with Gasteiger partial charge in [0.15, 0.2) is 0 Å². The average Bonchev–Trinajstić information content (AvgIpc) is 2.79. The van der Waals surface area contributed by atoms with Crippen LogP contribution in [0.3, 0.4) is 0 Å². The Morgan fingerprint density at radius 2 is 1.75 bits per heavy atom. The number of piperidine rings is 1. The molecule has 3 rings (SSSR count). The highest BCUT2D eigenvalue weighted by molar-refractivity contribution is 7.89. The molecule has 1 saturated heterocycles. The van der Waals surface area contributed by atoms with E-state index in [-0.39, 0.29) is 35.7 Å².